The maximum absolute atomic E-state index is 12.2. The number of ether oxygens (including phenoxy) is 1. The van der Waals surface area contributed by atoms with E-state index < -0.39 is 0 Å². The molecule has 0 saturated carbocycles. The molecule has 25 heavy (non-hydrogen) atoms. The van der Waals surface area contributed by atoms with Gasteiger partial charge in [-0.1, -0.05) is 23.1 Å². The zero-order valence-electron chi connectivity index (χ0n) is 14.4. The fourth-order valence-electron chi connectivity index (χ4n) is 2.57. The van der Waals surface area contributed by atoms with Crippen LogP contribution in [0.1, 0.15) is 22.3 Å². The Labute approximate surface area is 154 Å². The SMILES string of the molecule is CCOC(=O)c1cnc(SC)nc1N1CCN(c2nnc(C)s2)CC1. The van der Waals surface area contributed by atoms with Gasteiger partial charge >= 0.3 is 5.97 Å². The van der Waals surface area contributed by atoms with Crippen molar-refractivity contribution in [2.45, 2.75) is 19.0 Å². The van der Waals surface area contributed by atoms with Gasteiger partial charge in [0.2, 0.25) is 5.13 Å². The number of carbonyl (C=O) groups excluding carboxylic acids is 1. The zero-order valence-corrected chi connectivity index (χ0v) is 16.1. The van der Waals surface area contributed by atoms with E-state index in [1.165, 1.54) is 11.8 Å². The molecule has 0 amide bonds. The Morgan fingerprint density at radius 2 is 2.00 bits per heavy atom. The average Bonchev–Trinajstić information content (AvgIpc) is 3.08. The second-order valence-corrected chi connectivity index (χ2v) is 7.33. The highest BCUT2D eigenvalue weighted by atomic mass is 32.2. The lowest BCUT2D eigenvalue weighted by Gasteiger charge is -2.35. The number of hydrogen-bond donors (Lipinski definition) is 0. The van der Waals surface area contributed by atoms with Gasteiger partial charge in [0.25, 0.3) is 0 Å². The summed E-state index contributed by atoms with van der Waals surface area (Å²) in [6.45, 7) is 7.16. The Morgan fingerprint density at radius 1 is 1.28 bits per heavy atom. The van der Waals surface area contributed by atoms with Crippen LogP contribution in [0, 0.1) is 6.92 Å². The molecule has 10 heteroatoms. The summed E-state index contributed by atoms with van der Waals surface area (Å²) in [6, 6.07) is 0. The molecule has 1 saturated heterocycles. The van der Waals surface area contributed by atoms with Crippen molar-refractivity contribution >= 4 is 40.0 Å². The van der Waals surface area contributed by atoms with Gasteiger partial charge in [-0.15, -0.1) is 10.2 Å². The fraction of sp³-hybridized carbons (Fsp3) is 0.533. The van der Waals surface area contributed by atoms with E-state index in [4.69, 9.17) is 4.74 Å². The maximum atomic E-state index is 12.2. The molecule has 2 aromatic heterocycles. The number of esters is 1. The van der Waals surface area contributed by atoms with Gasteiger partial charge in [0.05, 0.1) is 6.61 Å². The summed E-state index contributed by atoms with van der Waals surface area (Å²) in [5.74, 6) is 0.262. The lowest BCUT2D eigenvalue weighted by atomic mass is 10.2. The zero-order chi connectivity index (χ0) is 17.8. The van der Waals surface area contributed by atoms with E-state index in [2.05, 4.69) is 30.0 Å². The van der Waals surface area contributed by atoms with E-state index in [0.29, 0.717) is 23.1 Å². The molecule has 2 aromatic rings. The number of hydrogen-bond acceptors (Lipinski definition) is 10. The first-order valence-electron chi connectivity index (χ1n) is 8.00. The number of rotatable bonds is 5. The largest absolute Gasteiger partial charge is 0.462 e. The Hall–Kier alpha value is -1.94. The molecule has 1 fully saturated rings. The van der Waals surface area contributed by atoms with Crippen LogP contribution in [0.2, 0.25) is 0 Å². The molecule has 0 aliphatic carbocycles. The first kappa shape index (κ1) is 17.9. The summed E-state index contributed by atoms with van der Waals surface area (Å²) in [6.07, 6.45) is 3.48. The number of nitrogens with zero attached hydrogens (tertiary/aromatic N) is 6. The minimum absolute atomic E-state index is 0.326. The van der Waals surface area contributed by atoms with Crippen molar-refractivity contribution in [2.24, 2.45) is 0 Å². The first-order chi connectivity index (χ1) is 12.1. The van der Waals surface area contributed by atoms with Crippen LogP contribution in [-0.4, -0.2) is 65.2 Å². The summed E-state index contributed by atoms with van der Waals surface area (Å²) >= 11 is 3.05. The van der Waals surface area contributed by atoms with E-state index in [9.17, 15) is 4.79 Å². The van der Waals surface area contributed by atoms with Crippen molar-refractivity contribution in [3.8, 4) is 0 Å². The molecule has 0 radical (unpaired) electrons. The molecule has 0 atom stereocenters. The molecule has 1 aliphatic heterocycles. The Kier molecular flexibility index (Phi) is 5.69. The third-order valence-electron chi connectivity index (χ3n) is 3.79. The van der Waals surface area contributed by atoms with Crippen LogP contribution in [0.25, 0.3) is 0 Å². The highest BCUT2D eigenvalue weighted by molar-refractivity contribution is 7.98. The van der Waals surface area contributed by atoms with E-state index >= 15 is 0 Å². The Bertz CT molecular complexity index is 745. The molecule has 3 rings (SSSR count). The third kappa shape index (κ3) is 4.01. The van der Waals surface area contributed by atoms with Crippen LogP contribution in [0.15, 0.2) is 11.4 Å². The normalized spacial score (nSPS) is 14.7. The van der Waals surface area contributed by atoms with Crippen LogP contribution in [0.4, 0.5) is 10.9 Å². The smallest absolute Gasteiger partial charge is 0.343 e. The molecule has 0 N–H and O–H groups in total. The summed E-state index contributed by atoms with van der Waals surface area (Å²) < 4.78 is 5.15. The number of anilines is 2. The molecule has 1 aliphatic rings. The predicted molar refractivity (Wildman–Crippen MR) is 98.8 cm³/mol. The van der Waals surface area contributed by atoms with E-state index in [1.807, 2.05) is 13.2 Å². The van der Waals surface area contributed by atoms with Gasteiger partial charge in [0.1, 0.15) is 16.4 Å². The highest BCUT2D eigenvalue weighted by Crippen LogP contribution is 2.25. The molecule has 3 heterocycles. The van der Waals surface area contributed by atoms with Gasteiger partial charge in [-0.2, -0.15) is 0 Å². The number of thioether (sulfide) groups is 1. The van der Waals surface area contributed by atoms with Crippen LogP contribution in [0.3, 0.4) is 0 Å². The quantitative estimate of drug-likeness (QED) is 0.438. The standard InChI is InChI=1S/C15H20N6O2S2/c1-4-23-13(22)11-9-16-14(24-3)17-12(11)20-5-7-21(8-6-20)15-19-18-10(2)25-15/h9H,4-8H2,1-3H3. The number of piperazine rings is 1. The minimum Gasteiger partial charge on any atom is -0.462 e. The molecule has 134 valence electrons. The average molecular weight is 380 g/mol. The van der Waals surface area contributed by atoms with Crippen molar-refractivity contribution in [2.75, 3.05) is 48.8 Å². The predicted octanol–water partition coefficient (Wildman–Crippen LogP) is 1.86. The van der Waals surface area contributed by atoms with Crippen LogP contribution in [0.5, 0.6) is 0 Å². The summed E-state index contributed by atoms with van der Waals surface area (Å²) in [5, 5.41) is 10.8. The highest BCUT2D eigenvalue weighted by Gasteiger charge is 2.25. The Morgan fingerprint density at radius 3 is 2.60 bits per heavy atom. The van der Waals surface area contributed by atoms with Gasteiger partial charge in [-0.25, -0.2) is 14.8 Å². The second kappa shape index (κ2) is 7.96. The minimum atomic E-state index is -0.382. The maximum Gasteiger partial charge on any atom is 0.343 e. The monoisotopic (exact) mass is 380 g/mol. The summed E-state index contributed by atoms with van der Waals surface area (Å²) in [5.41, 5.74) is 0.417. The van der Waals surface area contributed by atoms with Crippen molar-refractivity contribution in [3.63, 3.8) is 0 Å². The number of aromatic nitrogens is 4. The van der Waals surface area contributed by atoms with Crippen molar-refractivity contribution < 1.29 is 9.53 Å². The molecule has 0 bridgehead atoms. The molecular weight excluding hydrogens is 360 g/mol. The van der Waals surface area contributed by atoms with Crippen LogP contribution in [-0.2, 0) is 4.74 Å². The van der Waals surface area contributed by atoms with Crippen molar-refractivity contribution in [1.82, 2.24) is 20.2 Å². The molecule has 8 nitrogen and oxygen atoms in total. The summed E-state index contributed by atoms with van der Waals surface area (Å²) in [4.78, 5) is 25.3. The van der Waals surface area contributed by atoms with Crippen LogP contribution >= 0.6 is 23.1 Å². The van der Waals surface area contributed by atoms with Crippen LogP contribution < -0.4 is 9.80 Å². The number of aryl methyl sites for hydroxylation is 1. The topological polar surface area (TPSA) is 84.3 Å². The van der Waals surface area contributed by atoms with Crippen molar-refractivity contribution in [1.29, 1.82) is 0 Å². The third-order valence-corrected chi connectivity index (χ3v) is 5.25. The van der Waals surface area contributed by atoms with Crippen molar-refractivity contribution in [3.05, 3.63) is 16.8 Å². The van der Waals surface area contributed by atoms with E-state index in [1.54, 1.807) is 24.5 Å². The van der Waals surface area contributed by atoms with Gasteiger partial charge in [0, 0.05) is 32.4 Å². The lowest BCUT2D eigenvalue weighted by Crippen LogP contribution is -2.47. The van der Waals surface area contributed by atoms with Gasteiger partial charge in [-0.3, -0.25) is 0 Å². The first-order valence-corrected chi connectivity index (χ1v) is 10.0. The van der Waals surface area contributed by atoms with E-state index in [-0.39, 0.29) is 5.97 Å². The molecule has 0 spiro atoms. The number of carbonyl (C=O) groups is 1. The fourth-order valence-corrected chi connectivity index (χ4v) is 3.65. The molecular formula is C15H20N6O2S2. The van der Waals surface area contributed by atoms with E-state index in [0.717, 1.165) is 36.3 Å². The lowest BCUT2D eigenvalue weighted by molar-refractivity contribution is 0.0526. The Balaban J connectivity index is 1.78. The second-order valence-electron chi connectivity index (χ2n) is 5.39. The summed E-state index contributed by atoms with van der Waals surface area (Å²) in [7, 11) is 0. The van der Waals surface area contributed by atoms with Gasteiger partial charge in [0.15, 0.2) is 5.16 Å². The van der Waals surface area contributed by atoms with Gasteiger partial charge < -0.3 is 14.5 Å². The van der Waals surface area contributed by atoms with Gasteiger partial charge in [-0.05, 0) is 20.1 Å². The molecule has 0 unspecified atom stereocenters. The molecule has 0 aromatic carbocycles.